The molecule has 0 bridgehead atoms. The van der Waals surface area contributed by atoms with Gasteiger partial charge in [-0.1, -0.05) is 20.8 Å². The lowest BCUT2D eigenvalue weighted by atomic mass is 9.75. The summed E-state index contributed by atoms with van der Waals surface area (Å²) in [4.78, 5) is 14.1. The van der Waals surface area contributed by atoms with E-state index in [1.807, 2.05) is 13.8 Å². The number of amides is 1. The number of hydrogen-bond acceptors (Lipinski definition) is 3. The Kier molecular flexibility index (Phi) is 6.67. The highest BCUT2D eigenvalue weighted by atomic mass is 16.1. The van der Waals surface area contributed by atoms with Crippen molar-refractivity contribution in [1.82, 2.24) is 10.2 Å². The molecular formula is C17H35N3O. The van der Waals surface area contributed by atoms with Crippen LogP contribution in [-0.4, -0.2) is 42.5 Å². The van der Waals surface area contributed by atoms with E-state index < -0.39 is 5.54 Å². The summed E-state index contributed by atoms with van der Waals surface area (Å²) < 4.78 is 0. The lowest BCUT2D eigenvalue weighted by molar-refractivity contribution is -0.124. The van der Waals surface area contributed by atoms with Gasteiger partial charge >= 0.3 is 0 Å². The maximum absolute atomic E-state index is 11.6. The van der Waals surface area contributed by atoms with E-state index >= 15 is 0 Å². The Morgan fingerprint density at radius 1 is 1.38 bits per heavy atom. The number of nitrogens with one attached hydrogen (secondary N) is 1. The fraction of sp³-hybridized carbons (Fsp3) is 0.941. The highest BCUT2D eigenvalue weighted by Gasteiger charge is 2.31. The Morgan fingerprint density at radius 3 is 2.43 bits per heavy atom. The van der Waals surface area contributed by atoms with Gasteiger partial charge in [-0.25, -0.2) is 0 Å². The molecule has 3 N–H and O–H groups in total. The standard InChI is InChI=1S/C17H35N3O/c1-6-19-17(4,15(18)21)10-7-13-20(5)14-8-11-16(2,3)12-9-14/h14,19H,6-13H2,1-5H3,(H2,18,21). The highest BCUT2D eigenvalue weighted by Crippen LogP contribution is 2.36. The number of likely N-dealkylation sites (N-methyl/N-ethyl adjacent to an activating group) is 1. The third kappa shape index (κ3) is 5.59. The molecule has 0 heterocycles. The van der Waals surface area contributed by atoms with Crippen molar-refractivity contribution in [2.24, 2.45) is 11.1 Å². The molecule has 1 rings (SSSR count). The van der Waals surface area contributed by atoms with Crippen molar-refractivity contribution >= 4 is 5.91 Å². The Balaban J connectivity index is 2.36. The van der Waals surface area contributed by atoms with E-state index in [0.29, 0.717) is 11.5 Å². The molecule has 4 heteroatoms. The van der Waals surface area contributed by atoms with Crippen LogP contribution in [0.25, 0.3) is 0 Å². The summed E-state index contributed by atoms with van der Waals surface area (Å²) in [5, 5.41) is 3.23. The van der Waals surface area contributed by atoms with Crippen molar-refractivity contribution in [1.29, 1.82) is 0 Å². The van der Waals surface area contributed by atoms with E-state index in [1.54, 1.807) is 0 Å². The summed E-state index contributed by atoms with van der Waals surface area (Å²) in [6.07, 6.45) is 7.03. The highest BCUT2D eigenvalue weighted by molar-refractivity contribution is 5.84. The van der Waals surface area contributed by atoms with E-state index in [9.17, 15) is 4.79 Å². The van der Waals surface area contributed by atoms with Crippen LogP contribution in [0.5, 0.6) is 0 Å². The molecule has 0 aliphatic heterocycles. The summed E-state index contributed by atoms with van der Waals surface area (Å²) in [5.74, 6) is -0.244. The van der Waals surface area contributed by atoms with Crippen LogP contribution < -0.4 is 11.1 Å². The predicted octanol–water partition coefficient (Wildman–Crippen LogP) is 2.52. The molecule has 21 heavy (non-hydrogen) atoms. The van der Waals surface area contributed by atoms with Crippen LogP contribution in [0.2, 0.25) is 0 Å². The zero-order chi connectivity index (χ0) is 16.1. The third-order valence-electron chi connectivity index (χ3n) is 5.23. The van der Waals surface area contributed by atoms with E-state index in [-0.39, 0.29) is 5.91 Å². The largest absolute Gasteiger partial charge is 0.368 e. The summed E-state index contributed by atoms with van der Waals surface area (Å²) in [7, 11) is 2.22. The quantitative estimate of drug-likeness (QED) is 0.724. The van der Waals surface area contributed by atoms with Crippen molar-refractivity contribution in [3.63, 3.8) is 0 Å². The first-order chi connectivity index (χ1) is 9.70. The van der Waals surface area contributed by atoms with Crippen LogP contribution in [-0.2, 0) is 4.79 Å². The van der Waals surface area contributed by atoms with Crippen LogP contribution in [0.3, 0.4) is 0 Å². The number of carbonyl (C=O) groups is 1. The summed E-state index contributed by atoms with van der Waals surface area (Å²) in [5.41, 5.74) is 5.49. The van der Waals surface area contributed by atoms with Crippen LogP contribution in [0.1, 0.15) is 66.2 Å². The Morgan fingerprint density at radius 2 is 1.95 bits per heavy atom. The fourth-order valence-corrected chi connectivity index (χ4v) is 3.38. The van der Waals surface area contributed by atoms with E-state index in [0.717, 1.165) is 25.9 Å². The maximum atomic E-state index is 11.6. The number of hydrogen-bond donors (Lipinski definition) is 2. The van der Waals surface area contributed by atoms with Crippen LogP contribution in [0, 0.1) is 5.41 Å². The predicted molar refractivity (Wildman–Crippen MR) is 89.2 cm³/mol. The minimum Gasteiger partial charge on any atom is -0.368 e. The van der Waals surface area contributed by atoms with Gasteiger partial charge < -0.3 is 16.0 Å². The van der Waals surface area contributed by atoms with Gasteiger partial charge in [0.1, 0.15) is 0 Å². The zero-order valence-corrected chi connectivity index (χ0v) is 14.7. The van der Waals surface area contributed by atoms with Gasteiger partial charge in [0, 0.05) is 6.04 Å². The molecule has 0 aromatic rings. The molecule has 124 valence electrons. The van der Waals surface area contributed by atoms with Crippen molar-refractivity contribution in [3.05, 3.63) is 0 Å². The molecule has 1 aliphatic carbocycles. The number of rotatable bonds is 8. The minimum absolute atomic E-state index is 0.244. The second-order valence-corrected chi connectivity index (χ2v) is 7.71. The first kappa shape index (κ1) is 18.4. The summed E-state index contributed by atoms with van der Waals surface area (Å²) >= 11 is 0. The fourth-order valence-electron chi connectivity index (χ4n) is 3.38. The second-order valence-electron chi connectivity index (χ2n) is 7.71. The Bertz CT molecular complexity index is 333. The second kappa shape index (κ2) is 7.59. The first-order valence-corrected chi connectivity index (χ1v) is 8.45. The Hall–Kier alpha value is -0.610. The van der Waals surface area contributed by atoms with Crippen molar-refractivity contribution in [2.45, 2.75) is 77.8 Å². The van der Waals surface area contributed by atoms with Gasteiger partial charge in [-0.15, -0.1) is 0 Å². The molecule has 1 saturated carbocycles. The number of carbonyl (C=O) groups excluding carboxylic acids is 1. The topological polar surface area (TPSA) is 58.4 Å². The molecule has 1 unspecified atom stereocenters. The van der Waals surface area contributed by atoms with Crippen LogP contribution >= 0.6 is 0 Å². The molecule has 0 aromatic heterocycles. The van der Waals surface area contributed by atoms with E-state index in [1.165, 1.54) is 25.7 Å². The van der Waals surface area contributed by atoms with Gasteiger partial charge in [-0.2, -0.15) is 0 Å². The minimum atomic E-state index is -0.565. The van der Waals surface area contributed by atoms with Gasteiger partial charge in [0.25, 0.3) is 0 Å². The lowest BCUT2D eigenvalue weighted by Gasteiger charge is -2.39. The summed E-state index contributed by atoms with van der Waals surface area (Å²) in [6.45, 7) is 10.5. The van der Waals surface area contributed by atoms with Gasteiger partial charge in [-0.3, -0.25) is 4.79 Å². The number of nitrogens with two attached hydrogens (primary N) is 1. The van der Waals surface area contributed by atoms with E-state index in [4.69, 9.17) is 5.73 Å². The third-order valence-corrected chi connectivity index (χ3v) is 5.23. The summed E-state index contributed by atoms with van der Waals surface area (Å²) in [6, 6.07) is 0.706. The molecule has 4 nitrogen and oxygen atoms in total. The molecule has 0 spiro atoms. The monoisotopic (exact) mass is 297 g/mol. The average molecular weight is 297 g/mol. The molecule has 1 amide bonds. The van der Waals surface area contributed by atoms with Gasteiger partial charge in [0.05, 0.1) is 5.54 Å². The number of primary amides is 1. The molecular weight excluding hydrogens is 262 g/mol. The molecule has 1 fully saturated rings. The van der Waals surface area contributed by atoms with Crippen molar-refractivity contribution in [2.75, 3.05) is 20.1 Å². The normalized spacial score (nSPS) is 22.2. The molecule has 1 atom stereocenters. The van der Waals surface area contributed by atoms with Crippen LogP contribution in [0.15, 0.2) is 0 Å². The van der Waals surface area contributed by atoms with Gasteiger partial charge in [0.2, 0.25) is 5.91 Å². The zero-order valence-electron chi connectivity index (χ0n) is 14.7. The smallest absolute Gasteiger partial charge is 0.237 e. The molecule has 0 aromatic carbocycles. The lowest BCUT2D eigenvalue weighted by Crippen LogP contribution is -2.53. The van der Waals surface area contributed by atoms with Crippen LogP contribution in [0.4, 0.5) is 0 Å². The molecule has 0 saturated heterocycles. The van der Waals surface area contributed by atoms with E-state index in [2.05, 4.69) is 31.1 Å². The SMILES string of the molecule is CCNC(C)(CCCN(C)C1CCC(C)(C)CC1)C(N)=O. The van der Waals surface area contributed by atoms with Crippen molar-refractivity contribution < 1.29 is 4.79 Å². The van der Waals surface area contributed by atoms with Gasteiger partial charge in [0.15, 0.2) is 0 Å². The molecule has 1 aliphatic rings. The van der Waals surface area contributed by atoms with Gasteiger partial charge in [-0.05, 0) is 71.0 Å². The Labute approximate surface area is 130 Å². The van der Waals surface area contributed by atoms with Crippen molar-refractivity contribution in [3.8, 4) is 0 Å². The number of nitrogens with zero attached hydrogens (tertiary/aromatic N) is 1. The first-order valence-electron chi connectivity index (χ1n) is 8.45. The maximum Gasteiger partial charge on any atom is 0.237 e. The molecule has 0 radical (unpaired) electrons. The average Bonchev–Trinajstić information content (AvgIpc) is 2.38.